The standard InChI is InChI=1S/C26H34F3N3O3S2/c1-4-37(34,35)20-11-7-17(8-12-20)13-22(33)30-25-31-23-21(36-25)15-32(24(23)16(2)3)14-18-5-9-19(10-6-18)26(27,28)29/h7-8,11-12,16,18-19,24H,4-6,9-10,13-15H2,1-3H3,(H,30,31,33). The van der Waals surface area contributed by atoms with E-state index in [1.807, 2.05) is 0 Å². The van der Waals surface area contributed by atoms with Gasteiger partial charge in [0.2, 0.25) is 5.91 Å². The first-order chi connectivity index (χ1) is 17.4. The Balaban J connectivity index is 1.35. The maximum absolute atomic E-state index is 13.0. The van der Waals surface area contributed by atoms with Crippen LogP contribution < -0.4 is 5.32 Å². The van der Waals surface area contributed by atoms with E-state index in [9.17, 15) is 26.4 Å². The first-order valence-electron chi connectivity index (χ1n) is 12.8. The molecule has 1 unspecified atom stereocenters. The van der Waals surface area contributed by atoms with Crippen LogP contribution in [0, 0.1) is 17.8 Å². The quantitative estimate of drug-likeness (QED) is 0.431. The molecule has 204 valence electrons. The van der Waals surface area contributed by atoms with Crippen LogP contribution in [0.3, 0.4) is 0 Å². The molecule has 1 aromatic carbocycles. The van der Waals surface area contributed by atoms with Crippen molar-refractivity contribution in [3.05, 3.63) is 40.4 Å². The van der Waals surface area contributed by atoms with E-state index < -0.39 is 21.9 Å². The molecule has 2 heterocycles. The summed E-state index contributed by atoms with van der Waals surface area (Å²) in [6, 6.07) is 6.43. The van der Waals surface area contributed by atoms with Crippen LogP contribution in [0.1, 0.15) is 68.6 Å². The van der Waals surface area contributed by atoms with Crippen LogP contribution in [0.4, 0.5) is 18.3 Å². The fourth-order valence-electron chi connectivity index (χ4n) is 5.47. The van der Waals surface area contributed by atoms with Gasteiger partial charge >= 0.3 is 6.18 Å². The Morgan fingerprint density at radius 3 is 2.38 bits per heavy atom. The third-order valence-corrected chi connectivity index (χ3v) is 10.2. The van der Waals surface area contributed by atoms with Crippen molar-refractivity contribution in [2.24, 2.45) is 17.8 Å². The number of nitrogens with one attached hydrogen (secondary N) is 1. The second-order valence-corrected chi connectivity index (χ2v) is 13.8. The number of carbonyl (C=O) groups excluding carboxylic acids is 1. The number of rotatable bonds is 8. The lowest BCUT2D eigenvalue weighted by molar-refractivity contribution is -0.184. The zero-order chi connectivity index (χ0) is 27.0. The Labute approximate surface area is 220 Å². The van der Waals surface area contributed by atoms with Gasteiger partial charge in [-0.05, 0) is 55.2 Å². The van der Waals surface area contributed by atoms with E-state index in [1.165, 1.54) is 23.5 Å². The third-order valence-electron chi connectivity index (χ3n) is 7.46. The van der Waals surface area contributed by atoms with Gasteiger partial charge in [0.25, 0.3) is 0 Å². The Morgan fingerprint density at radius 1 is 1.16 bits per heavy atom. The second kappa shape index (κ2) is 11.0. The number of benzene rings is 1. The number of amides is 1. The smallest absolute Gasteiger partial charge is 0.302 e. The van der Waals surface area contributed by atoms with Crippen LogP contribution >= 0.6 is 11.3 Å². The zero-order valence-electron chi connectivity index (χ0n) is 21.3. The summed E-state index contributed by atoms with van der Waals surface area (Å²) in [6.45, 7) is 7.29. The number of nitrogens with zero attached hydrogens (tertiary/aromatic N) is 2. The summed E-state index contributed by atoms with van der Waals surface area (Å²) in [5.41, 5.74) is 1.66. The molecule has 1 aliphatic heterocycles. The van der Waals surface area contributed by atoms with Gasteiger partial charge < -0.3 is 5.32 Å². The summed E-state index contributed by atoms with van der Waals surface area (Å²) >= 11 is 1.45. The molecule has 1 N–H and O–H groups in total. The number of aromatic nitrogens is 1. The summed E-state index contributed by atoms with van der Waals surface area (Å²) < 4.78 is 63.0. The van der Waals surface area contributed by atoms with E-state index in [4.69, 9.17) is 4.98 Å². The van der Waals surface area contributed by atoms with Gasteiger partial charge in [0, 0.05) is 18.0 Å². The van der Waals surface area contributed by atoms with Gasteiger partial charge in [-0.3, -0.25) is 9.69 Å². The fourth-order valence-corrected chi connectivity index (χ4v) is 7.39. The number of alkyl halides is 3. The molecule has 0 bridgehead atoms. The molecule has 1 amide bonds. The van der Waals surface area contributed by atoms with E-state index in [0.29, 0.717) is 30.1 Å². The van der Waals surface area contributed by atoms with Crippen molar-refractivity contribution in [3.63, 3.8) is 0 Å². The monoisotopic (exact) mass is 557 g/mol. The summed E-state index contributed by atoms with van der Waals surface area (Å²) in [6.07, 6.45) is -2.37. The molecule has 1 aliphatic carbocycles. The Kier molecular flexibility index (Phi) is 8.35. The minimum absolute atomic E-state index is 0.0233. The topological polar surface area (TPSA) is 79.4 Å². The molecule has 37 heavy (non-hydrogen) atoms. The number of sulfone groups is 1. The van der Waals surface area contributed by atoms with E-state index in [2.05, 4.69) is 24.1 Å². The molecule has 2 aromatic rings. The summed E-state index contributed by atoms with van der Waals surface area (Å²) in [4.78, 5) is 21.0. The van der Waals surface area contributed by atoms with Crippen LogP contribution in [0.15, 0.2) is 29.2 Å². The molecule has 11 heteroatoms. The highest BCUT2D eigenvalue weighted by molar-refractivity contribution is 7.91. The minimum Gasteiger partial charge on any atom is -0.302 e. The Morgan fingerprint density at radius 2 is 1.81 bits per heavy atom. The molecule has 4 rings (SSSR count). The maximum Gasteiger partial charge on any atom is 0.391 e. The molecule has 0 saturated heterocycles. The highest BCUT2D eigenvalue weighted by Crippen LogP contribution is 2.45. The van der Waals surface area contributed by atoms with Crippen molar-refractivity contribution in [2.45, 2.75) is 76.5 Å². The average Bonchev–Trinajstić information content (AvgIpc) is 3.35. The fraction of sp³-hybridized carbons (Fsp3) is 0.615. The van der Waals surface area contributed by atoms with Crippen LogP contribution in [0.5, 0.6) is 0 Å². The first-order valence-corrected chi connectivity index (χ1v) is 15.3. The van der Waals surface area contributed by atoms with Crippen LogP contribution in [0.2, 0.25) is 0 Å². The summed E-state index contributed by atoms with van der Waals surface area (Å²) in [7, 11) is -3.28. The van der Waals surface area contributed by atoms with Crippen molar-refractivity contribution < 1.29 is 26.4 Å². The SMILES string of the molecule is CCS(=O)(=O)c1ccc(CC(=O)Nc2nc3c(s2)CN(CC2CCC(C(F)(F)F)CC2)C3C(C)C)cc1. The van der Waals surface area contributed by atoms with Crippen molar-refractivity contribution >= 4 is 32.2 Å². The van der Waals surface area contributed by atoms with Crippen molar-refractivity contribution in [1.82, 2.24) is 9.88 Å². The lowest BCUT2D eigenvalue weighted by Crippen LogP contribution is -2.35. The second-order valence-electron chi connectivity index (χ2n) is 10.5. The van der Waals surface area contributed by atoms with Crippen molar-refractivity contribution in [3.8, 4) is 0 Å². The maximum atomic E-state index is 13.0. The van der Waals surface area contributed by atoms with Crippen LogP contribution in [0.25, 0.3) is 0 Å². The number of anilines is 1. The van der Waals surface area contributed by atoms with Crippen molar-refractivity contribution in [2.75, 3.05) is 17.6 Å². The first kappa shape index (κ1) is 28.0. The number of hydrogen-bond acceptors (Lipinski definition) is 6. The van der Waals surface area contributed by atoms with Gasteiger partial charge in [-0.25, -0.2) is 13.4 Å². The molecule has 1 atom stereocenters. The lowest BCUT2D eigenvalue weighted by Gasteiger charge is -2.35. The number of fused-ring (bicyclic) bond motifs is 1. The van der Waals surface area contributed by atoms with E-state index in [1.54, 1.807) is 19.1 Å². The Bertz CT molecular complexity index is 1200. The van der Waals surface area contributed by atoms with E-state index in [0.717, 1.165) is 17.1 Å². The molecule has 1 saturated carbocycles. The molecule has 0 spiro atoms. The van der Waals surface area contributed by atoms with Gasteiger partial charge in [0.05, 0.1) is 34.7 Å². The largest absolute Gasteiger partial charge is 0.391 e. The van der Waals surface area contributed by atoms with Gasteiger partial charge in [0.1, 0.15) is 0 Å². The molecular weight excluding hydrogens is 523 g/mol. The van der Waals surface area contributed by atoms with Crippen LogP contribution in [-0.2, 0) is 27.6 Å². The Hall–Kier alpha value is -1.98. The average molecular weight is 558 g/mol. The number of hydrogen-bond donors (Lipinski definition) is 1. The predicted octanol–water partition coefficient (Wildman–Crippen LogP) is 6.00. The number of carbonyl (C=O) groups is 1. The molecule has 0 radical (unpaired) electrons. The van der Waals surface area contributed by atoms with Gasteiger partial charge in [-0.1, -0.05) is 32.9 Å². The molecule has 6 nitrogen and oxygen atoms in total. The van der Waals surface area contributed by atoms with Gasteiger partial charge in [-0.15, -0.1) is 11.3 Å². The van der Waals surface area contributed by atoms with E-state index in [-0.39, 0.29) is 53.7 Å². The van der Waals surface area contributed by atoms with Gasteiger partial charge in [-0.2, -0.15) is 13.2 Å². The van der Waals surface area contributed by atoms with Crippen LogP contribution in [-0.4, -0.2) is 42.7 Å². The minimum atomic E-state index is -4.09. The predicted molar refractivity (Wildman–Crippen MR) is 138 cm³/mol. The molecule has 2 aliphatic rings. The van der Waals surface area contributed by atoms with E-state index >= 15 is 0 Å². The third kappa shape index (κ3) is 6.54. The molecule has 1 fully saturated rings. The highest BCUT2D eigenvalue weighted by atomic mass is 32.2. The molecular formula is C26H34F3N3O3S2. The lowest BCUT2D eigenvalue weighted by atomic mass is 9.81. The van der Waals surface area contributed by atoms with Gasteiger partial charge in [0.15, 0.2) is 15.0 Å². The number of thiazole rings is 1. The van der Waals surface area contributed by atoms with Crippen molar-refractivity contribution in [1.29, 1.82) is 0 Å². The summed E-state index contributed by atoms with van der Waals surface area (Å²) in [5.74, 6) is -0.837. The highest BCUT2D eigenvalue weighted by Gasteiger charge is 2.43. The number of halogens is 3. The zero-order valence-corrected chi connectivity index (χ0v) is 23.0. The summed E-state index contributed by atoms with van der Waals surface area (Å²) in [5, 5.41) is 3.41. The molecule has 1 aromatic heterocycles. The normalized spacial score (nSPS) is 22.8.